The normalized spacial score (nSPS) is 11.8. The van der Waals surface area contributed by atoms with Crippen LogP contribution in [0, 0.1) is 6.92 Å². The SMILES string of the molecule is COc1ccc2c(=O)[nH]c3c(S(=O)(=O)c4ccc(C(N)=O)cc4C)nnn3c2c1. The largest absolute Gasteiger partial charge is 0.497 e. The zero-order chi connectivity index (χ0) is 20.9. The van der Waals surface area contributed by atoms with Crippen molar-refractivity contribution in [2.24, 2.45) is 5.73 Å². The molecular weight excluding hydrogens is 398 g/mol. The van der Waals surface area contributed by atoms with Gasteiger partial charge < -0.3 is 15.5 Å². The van der Waals surface area contributed by atoms with Gasteiger partial charge in [0.1, 0.15) is 5.75 Å². The first-order chi connectivity index (χ1) is 13.7. The molecule has 4 rings (SSSR count). The van der Waals surface area contributed by atoms with Crippen molar-refractivity contribution in [3.8, 4) is 5.75 Å². The topological polar surface area (TPSA) is 150 Å². The highest BCUT2D eigenvalue weighted by atomic mass is 32.2. The van der Waals surface area contributed by atoms with Crippen LogP contribution < -0.4 is 16.0 Å². The maximum Gasteiger partial charge on any atom is 0.259 e. The summed E-state index contributed by atoms with van der Waals surface area (Å²) in [4.78, 5) is 26.3. The Kier molecular flexibility index (Phi) is 4.12. The number of aromatic nitrogens is 4. The lowest BCUT2D eigenvalue weighted by molar-refractivity contribution is 0.1000. The second kappa shape index (κ2) is 6.41. The molecule has 0 aliphatic carbocycles. The minimum absolute atomic E-state index is 0.0727. The van der Waals surface area contributed by atoms with Crippen LogP contribution in [-0.4, -0.2) is 41.2 Å². The van der Waals surface area contributed by atoms with E-state index in [1.54, 1.807) is 18.2 Å². The van der Waals surface area contributed by atoms with Gasteiger partial charge in [-0.15, -0.1) is 5.10 Å². The fourth-order valence-corrected chi connectivity index (χ4v) is 4.59. The van der Waals surface area contributed by atoms with E-state index in [0.29, 0.717) is 22.2 Å². The molecule has 0 saturated carbocycles. The van der Waals surface area contributed by atoms with Crippen LogP contribution in [0.25, 0.3) is 16.6 Å². The molecule has 0 atom stereocenters. The Hall–Kier alpha value is -3.73. The number of hydrogen-bond donors (Lipinski definition) is 2. The molecule has 2 aromatic carbocycles. The Balaban J connectivity index is 1.99. The number of carbonyl (C=O) groups excluding carboxylic acids is 1. The number of carbonyl (C=O) groups is 1. The molecule has 0 fully saturated rings. The van der Waals surface area contributed by atoms with Gasteiger partial charge in [-0.2, -0.15) is 4.52 Å². The van der Waals surface area contributed by atoms with Gasteiger partial charge in [0, 0.05) is 11.6 Å². The van der Waals surface area contributed by atoms with E-state index in [9.17, 15) is 18.0 Å². The van der Waals surface area contributed by atoms with Crippen molar-refractivity contribution in [1.82, 2.24) is 19.8 Å². The van der Waals surface area contributed by atoms with Crippen LogP contribution in [0.15, 0.2) is 51.1 Å². The molecule has 1 amide bonds. The lowest BCUT2D eigenvalue weighted by Gasteiger charge is -2.07. The van der Waals surface area contributed by atoms with E-state index in [-0.39, 0.29) is 16.1 Å². The summed E-state index contributed by atoms with van der Waals surface area (Å²) in [6.45, 7) is 1.54. The summed E-state index contributed by atoms with van der Waals surface area (Å²) in [6.07, 6.45) is 0. The number of fused-ring (bicyclic) bond motifs is 3. The van der Waals surface area contributed by atoms with Gasteiger partial charge in [0.15, 0.2) is 5.65 Å². The maximum absolute atomic E-state index is 13.2. The molecule has 11 heteroatoms. The molecule has 0 aliphatic rings. The molecule has 0 saturated heterocycles. The molecule has 4 aromatic rings. The van der Waals surface area contributed by atoms with Crippen LogP contribution in [0.2, 0.25) is 0 Å². The molecule has 0 aliphatic heterocycles. The van der Waals surface area contributed by atoms with Gasteiger partial charge in [-0.1, -0.05) is 5.21 Å². The van der Waals surface area contributed by atoms with Crippen LogP contribution in [0.3, 0.4) is 0 Å². The number of nitrogens with two attached hydrogens (primary N) is 1. The number of amides is 1. The van der Waals surface area contributed by atoms with Gasteiger partial charge in [-0.25, -0.2) is 8.42 Å². The molecular formula is C18H15N5O5S. The smallest absolute Gasteiger partial charge is 0.259 e. The third-order valence-corrected chi connectivity index (χ3v) is 6.37. The van der Waals surface area contributed by atoms with Crippen molar-refractivity contribution in [3.05, 3.63) is 57.9 Å². The number of rotatable bonds is 4. The Bertz CT molecular complexity index is 1470. The van der Waals surface area contributed by atoms with E-state index in [0.717, 1.165) is 0 Å². The number of hydrogen-bond acceptors (Lipinski definition) is 7. The van der Waals surface area contributed by atoms with Crippen LogP contribution in [-0.2, 0) is 9.84 Å². The average molecular weight is 413 g/mol. The summed E-state index contributed by atoms with van der Waals surface area (Å²) >= 11 is 0. The molecule has 0 spiro atoms. The average Bonchev–Trinajstić information content (AvgIpc) is 3.12. The van der Waals surface area contributed by atoms with Gasteiger partial charge >= 0.3 is 0 Å². The standard InChI is InChI=1S/C18H15N5O5S/c1-9-7-10(15(19)24)3-6-14(9)29(26,27)18-16-20-17(25)12-5-4-11(28-2)8-13(12)23(16)22-21-18/h3-8H,1-2H3,(H2,19,24)(H,20,25). The Morgan fingerprint density at radius 1 is 1.21 bits per heavy atom. The highest BCUT2D eigenvalue weighted by Gasteiger charge is 2.28. The Morgan fingerprint density at radius 3 is 2.62 bits per heavy atom. The number of H-pyrrole nitrogens is 1. The number of benzene rings is 2. The number of aromatic amines is 1. The number of sulfone groups is 1. The minimum atomic E-state index is -4.14. The van der Waals surface area contributed by atoms with Crippen LogP contribution >= 0.6 is 0 Å². The lowest BCUT2D eigenvalue weighted by atomic mass is 10.1. The van der Waals surface area contributed by atoms with Crippen LogP contribution in [0.1, 0.15) is 15.9 Å². The fourth-order valence-electron chi connectivity index (χ4n) is 3.11. The molecule has 0 bridgehead atoms. The Labute approximate surface area is 163 Å². The first-order valence-corrected chi connectivity index (χ1v) is 9.83. The van der Waals surface area contributed by atoms with Crippen molar-refractivity contribution in [2.75, 3.05) is 7.11 Å². The molecule has 29 heavy (non-hydrogen) atoms. The molecule has 0 radical (unpaired) electrons. The van der Waals surface area contributed by atoms with E-state index in [4.69, 9.17) is 10.5 Å². The molecule has 2 aromatic heterocycles. The summed E-state index contributed by atoms with van der Waals surface area (Å²) in [5.41, 5.74) is 5.51. The predicted octanol–water partition coefficient (Wildman–Crippen LogP) is 0.820. The third kappa shape index (κ3) is 2.83. The monoisotopic (exact) mass is 413 g/mol. The number of ether oxygens (including phenoxy) is 1. The molecule has 2 heterocycles. The molecule has 0 unspecified atom stereocenters. The first-order valence-electron chi connectivity index (χ1n) is 8.35. The van der Waals surface area contributed by atoms with Gasteiger partial charge in [0.2, 0.25) is 20.8 Å². The van der Waals surface area contributed by atoms with Gasteiger partial charge in [-0.05, 0) is 42.8 Å². The zero-order valence-electron chi connectivity index (χ0n) is 15.3. The van der Waals surface area contributed by atoms with E-state index in [1.165, 1.54) is 36.7 Å². The summed E-state index contributed by atoms with van der Waals surface area (Å²) in [6, 6.07) is 8.70. The predicted molar refractivity (Wildman–Crippen MR) is 103 cm³/mol. The van der Waals surface area contributed by atoms with Crippen LogP contribution in [0.4, 0.5) is 0 Å². The first kappa shape index (κ1) is 18.6. The molecule has 148 valence electrons. The lowest BCUT2D eigenvalue weighted by Crippen LogP contribution is -2.14. The summed E-state index contributed by atoms with van der Waals surface area (Å²) in [5, 5.41) is 7.62. The second-order valence-corrected chi connectivity index (χ2v) is 8.17. The van der Waals surface area contributed by atoms with E-state index >= 15 is 0 Å². The van der Waals surface area contributed by atoms with Crippen LogP contribution in [0.5, 0.6) is 5.75 Å². The summed E-state index contributed by atoms with van der Waals surface area (Å²) < 4.78 is 32.8. The molecule has 10 nitrogen and oxygen atoms in total. The summed E-state index contributed by atoms with van der Waals surface area (Å²) in [5.74, 6) is -0.196. The number of nitrogens with one attached hydrogen (secondary N) is 1. The van der Waals surface area contributed by atoms with Crippen molar-refractivity contribution in [3.63, 3.8) is 0 Å². The van der Waals surface area contributed by atoms with Gasteiger partial charge in [-0.3, -0.25) is 9.59 Å². The molecule has 3 N–H and O–H groups in total. The highest BCUT2D eigenvalue weighted by Crippen LogP contribution is 2.27. The number of nitrogens with zero attached hydrogens (tertiary/aromatic N) is 3. The van der Waals surface area contributed by atoms with E-state index in [1.807, 2.05) is 0 Å². The van der Waals surface area contributed by atoms with E-state index < -0.39 is 26.3 Å². The quantitative estimate of drug-likeness (QED) is 0.503. The maximum atomic E-state index is 13.2. The van der Waals surface area contributed by atoms with E-state index in [2.05, 4.69) is 15.3 Å². The van der Waals surface area contributed by atoms with Crippen molar-refractivity contribution in [2.45, 2.75) is 16.8 Å². The second-order valence-electron chi connectivity index (χ2n) is 6.34. The number of aryl methyl sites for hydroxylation is 1. The zero-order valence-corrected chi connectivity index (χ0v) is 16.1. The fraction of sp³-hybridized carbons (Fsp3) is 0.111. The number of methoxy groups -OCH3 is 1. The highest BCUT2D eigenvalue weighted by molar-refractivity contribution is 7.91. The third-order valence-electron chi connectivity index (χ3n) is 4.55. The number of primary amides is 1. The minimum Gasteiger partial charge on any atom is -0.497 e. The van der Waals surface area contributed by atoms with Gasteiger partial charge in [0.05, 0.1) is 22.9 Å². The van der Waals surface area contributed by atoms with Crippen molar-refractivity contribution >= 4 is 32.3 Å². The van der Waals surface area contributed by atoms with Gasteiger partial charge in [0.25, 0.3) is 5.56 Å². The van der Waals surface area contributed by atoms with Crippen molar-refractivity contribution in [1.29, 1.82) is 0 Å². The van der Waals surface area contributed by atoms with Crippen molar-refractivity contribution < 1.29 is 17.9 Å². The summed E-state index contributed by atoms with van der Waals surface area (Å²) in [7, 11) is -2.67. The Morgan fingerprint density at radius 2 is 1.97 bits per heavy atom.